The normalized spacial score (nSPS) is 39.9. The van der Waals surface area contributed by atoms with Crippen molar-refractivity contribution in [3.8, 4) is 0 Å². The summed E-state index contributed by atoms with van der Waals surface area (Å²) >= 11 is 2.13. The predicted molar refractivity (Wildman–Crippen MR) is 91.5 cm³/mol. The molecule has 0 aromatic carbocycles. The molecule has 0 aromatic rings. The summed E-state index contributed by atoms with van der Waals surface area (Å²) < 4.78 is 0. The molecule has 2 rings (SSSR count). The van der Waals surface area contributed by atoms with Gasteiger partial charge in [0.05, 0.1) is 0 Å². The van der Waals surface area contributed by atoms with Gasteiger partial charge in [-0.1, -0.05) is 20.8 Å². The summed E-state index contributed by atoms with van der Waals surface area (Å²) in [7, 11) is 0. The number of thioether (sulfide) groups is 1. The topological polar surface area (TPSA) is 15.3 Å². The van der Waals surface area contributed by atoms with Gasteiger partial charge in [0, 0.05) is 36.7 Å². The van der Waals surface area contributed by atoms with Crippen molar-refractivity contribution in [1.82, 2.24) is 10.2 Å². The molecule has 5 atom stereocenters. The molecule has 1 saturated carbocycles. The predicted octanol–water partition coefficient (Wildman–Crippen LogP) is 3.47. The Morgan fingerprint density at radius 1 is 1.20 bits per heavy atom. The molecule has 1 aliphatic carbocycles. The Morgan fingerprint density at radius 3 is 2.70 bits per heavy atom. The van der Waals surface area contributed by atoms with E-state index in [0.717, 1.165) is 29.8 Å². The summed E-state index contributed by atoms with van der Waals surface area (Å²) in [5.41, 5.74) is 0. The SMILES string of the molecule is CCCNC1CC(C)CC(C)C1CN1CCSCC1C. The minimum Gasteiger partial charge on any atom is -0.314 e. The molecule has 2 fully saturated rings. The molecule has 1 saturated heterocycles. The molecule has 2 nitrogen and oxygen atoms in total. The highest BCUT2D eigenvalue weighted by molar-refractivity contribution is 7.99. The van der Waals surface area contributed by atoms with Crippen molar-refractivity contribution in [2.75, 3.05) is 31.1 Å². The molecule has 0 radical (unpaired) electrons. The van der Waals surface area contributed by atoms with Crippen LogP contribution in [0.15, 0.2) is 0 Å². The molecular weight excluding hydrogens is 264 g/mol. The van der Waals surface area contributed by atoms with Crippen molar-refractivity contribution in [3.63, 3.8) is 0 Å². The van der Waals surface area contributed by atoms with Crippen LogP contribution in [0.2, 0.25) is 0 Å². The Kier molecular flexibility index (Phi) is 6.70. The van der Waals surface area contributed by atoms with Crippen molar-refractivity contribution in [1.29, 1.82) is 0 Å². The maximum atomic E-state index is 3.85. The van der Waals surface area contributed by atoms with Crippen molar-refractivity contribution >= 4 is 11.8 Å². The van der Waals surface area contributed by atoms with Gasteiger partial charge in [-0.25, -0.2) is 0 Å². The van der Waals surface area contributed by atoms with E-state index in [4.69, 9.17) is 0 Å². The van der Waals surface area contributed by atoms with Gasteiger partial charge in [0.2, 0.25) is 0 Å². The molecule has 1 N–H and O–H groups in total. The monoisotopic (exact) mass is 298 g/mol. The van der Waals surface area contributed by atoms with Gasteiger partial charge in [-0.2, -0.15) is 11.8 Å². The number of nitrogens with one attached hydrogen (secondary N) is 1. The quantitative estimate of drug-likeness (QED) is 0.836. The van der Waals surface area contributed by atoms with Crippen molar-refractivity contribution in [3.05, 3.63) is 0 Å². The highest BCUT2D eigenvalue weighted by Gasteiger charge is 2.35. The second kappa shape index (κ2) is 8.05. The molecule has 5 unspecified atom stereocenters. The lowest BCUT2D eigenvalue weighted by Gasteiger charge is -2.44. The van der Waals surface area contributed by atoms with E-state index in [2.05, 4.69) is 49.7 Å². The first kappa shape index (κ1) is 16.6. The van der Waals surface area contributed by atoms with E-state index in [1.165, 1.54) is 50.4 Å². The van der Waals surface area contributed by atoms with Crippen LogP contribution < -0.4 is 5.32 Å². The van der Waals surface area contributed by atoms with Crippen LogP contribution in [-0.4, -0.2) is 48.1 Å². The van der Waals surface area contributed by atoms with Crippen molar-refractivity contribution in [2.24, 2.45) is 17.8 Å². The van der Waals surface area contributed by atoms with E-state index in [1.807, 2.05) is 0 Å². The van der Waals surface area contributed by atoms with Gasteiger partial charge in [-0.05, 0) is 50.5 Å². The number of hydrogen-bond donors (Lipinski definition) is 1. The maximum absolute atomic E-state index is 3.85. The Labute approximate surface area is 130 Å². The zero-order valence-corrected chi connectivity index (χ0v) is 14.7. The fourth-order valence-electron chi connectivity index (χ4n) is 4.09. The average Bonchev–Trinajstić information content (AvgIpc) is 2.41. The Hall–Kier alpha value is 0.270. The maximum Gasteiger partial charge on any atom is 0.0158 e. The van der Waals surface area contributed by atoms with Crippen LogP contribution in [0.5, 0.6) is 0 Å². The van der Waals surface area contributed by atoms with Crippen LogP contribution in [0, 0.1) is 17.8 Å². The average molecular weight is 299 g/mol. The van der Waals surface area contributed by atoms with Crippen LogP contribution in [-0.2, 0) is 0 Å². The standard InChI is InChI=1S/C17H34N2S/c1-5-6-18-17-10-13(2)9-14(3)16(17)11-19-7-8-20-12-15(19)4/h13-18H,5-12H2,1-4H3. The van der Waals surface area contributed by atoms with Gasteiger partial charge < -0.3 is 5.32 Å². The van der Waals surface area contributed by atoms with Crippen LogP contribution >= 0.6 is 11.8 Å². The molecule has 1 heterocycles. The molecule has 0 spiro atoms. The summed E-state index contributed by atoms with van der Waals surface area (Å²) in [6.07, 6.45) is 4.06. The zero-order valence-electron chi connectivity index (χ0n) is 13.9. The van der Waals surface area contributed by atoms with Gasteiger partial charge in [-0.15, -0.1) is 0 Å². The van der Waals surface area contributed by atoms with Crippen molar-refractivity contribution < 1.29 is 0 Å². The lowest BCUT2D eigenvalue weighted by molar-refractivity contribution is 0.0897. The van der Waals surface area contributed by atoms with Gasteiger partial charge in [0.25, 0.3) is 0 Å². The summed E-state index contributed by atoms with van der Waals surface area (Å²) in [5, 5.41) is 3.85. The molecular formula is C17H34N2S. The highest BCUT2D eigenvalue weighted by Crippen LogP contribution is 2.35. The number of nitrogens with zero attached hydrogens (tertiary/aromatic N) is 1. The smallest absolute Gasteiger partial charge is 0.0158 e. The summed E-state index contributed by atoms with van der Waals surface area (Å²) in [6.45, 7) is 13.4. The van der Waals surface area contributed by atoms with Crippen molar-refractivity contribution in [2.45, 2.75) is 59.0 Å². The minimum atomic E-state index is 0.746. The molecule has 1 aliphatic heterocycles. The molecule has 0 aromatic heterocycles. The Balaban J connectivity index is 1.96. The van der Waals surface area contributed by atoms with Gasteiger partial charge in [0.1, 0.15) is 0 Å². The number of hydrogen-bond acceptors (Lipinski definition) is 3. The summed E-state index contributed by atoms with van der Waals surface area (Å²) in [5.74, 6) is 5.27. The molecule has 0 amide bonds. The van der Waals surface area contributed by atoms with E-state index in [1.54, 1.807) is 0 Å². The molecule has 3 heteroatoms. The third-order valence-corrected chi connectivity index (χ3v) is 6.47. The van der Waals surface area contributed by atoms with Crippen LogP contribution in [0.25, 0.3) is 0 Å². The van der Waals surface area contributed by atoms with E-state index in [0.29, 0.717) is 0 Å². The van der Waals surface area contributed by atoms with E-state index in [9.17, 15) is 0 Å². The fourth-order valence-corrected chi connectivity index (χ4v) is 5.17. The lowest BCUT2D eigenvalue weighted by atomic mass is 9.72. The molecule has 118 valence electrons. The second-order valence-corrected chi connectivity index (χ2v) is 8.35. The lowest BCUT2D eigenvalue weighted by Crippen LogP contribution is -2.52. The van der Waals surface area contributed by atoms with Gasteiger partial charge in [0.15, 0.2) is 0 Å². The molecule has 0 bridgehead atoms. The van der Waals surface area contributed by atoms with Crippen LogP contribution in [0.1, 0.15) is 47.0 Å². The van der Waals surface area contributed by atoms with Gasteiger partial charge >= 0.3 is 0 Å². The van der Waals surface area contributed by atoms with E-state index >= 15 is 0 Å². The third kappa shape index (κ3) is 4.38. The Morgan fingerprint density at radius 2 is 2.00 bits per heavy atom. The first-order valence-corrected chi connectivity index (χ1v) is 9.82. The molecule has 20 heavy (non-hydrogen) atoms. The first-order valence-electron chi connectivity index (χ1n) is 8.67. The molecule has 2 aliphatic rings. The first-order chi connectivity index (χ1) is 9.61. The second-order valence-electron chi connectivity index (χ2n) is 7.20. The van der Waals surface area contributed by atoms with E-state index in [-0.39, 0.29) is 0 Å². The van der Waals surface area contributed by atoms with Crippen LogP contribution in [0.3, 0.4) is 0 Å². The summed E-state index contributed by atoms with van der Waals surface area (Å²) in [6, 6.07) is 1.52. The minimum absolute atomic E-state index is 0.746. The largest absolute Gasteiger partial charge is 0.314 e. The van der Waals surface area contributed by atoms with Gasteiger partial charge in [-0.3, -0.25) is 4.90 Å². The fraction of sp³-hybridized carbons (Fsp3) is 1.00. The zero-order chi connectivity index (χ0) is 14.5. The number of rotatable bonds is 5. The highest BCUT2D eigenvalue weighted by atomic mass is 32.2. The van der Waals surface area contributed by atoms with Crippen LogP contribution in [0.4, 0.5) is 0 Å². The Bertz CT molecular complexity index is 284. The summed E-state index contributed by atoms with van der Waals surface area (Å²) in [4.78, 5) is 2.76. The van der Waals surface area contributed by atoms with E-state index < -0.39 is 0 Å². The third-order valence-electron chi connectivity index (χ3n) is 5.29.